The minimum atomic E-state index is 0.288. The van der Waals surface area contributed by atoms with Gasteiger partial charge in [0.25, 0.3) is 0 Å². The number of nitrogens with zero attached hydrogens (tertiary/aromatic N) is 3. The van der Waals surface area contributed by atoms with Crippen LogP contribution < -0.4 is 5.32 Å². The summed E-state index contributed by atoms with van der Waals surface area (Å²) in [5.41, 5.74) is 1.20. The Balaban J connectivity index is 1.49. The van der Waals surface area contributed by atoms with Gasteiger partial charge in [-0.3, -0.25) is 4.79 Å². The van der Waals surface area contributed by atoms with Crippen molar-refractivity contribution in [2.75, 3.05) is 25.0 Å². The van der Waals surface area contributed by atoms with E-state index in [2.05, 4.69) is 45.6 Å². The Morgan fingerprint density at radius 1 is 1.23 bits per heavy atom. The molecule has 26 heavy (non-hydrogen) atoms. The van der Waals surface area contributed by atoms with Gasteiger partial charge in [0, 0.05) is 30.9 Å². The largest absolute Gasteiger partial charge is 0.369 e. The zero-order chi connectivity index (χ0) is 17.9. The maximum absolute atomic E-state index is 11.7. The van der Waals surface area contributed by atoms with Crippen LogP contribution in [0.3, 0.4) is 0 Å². The van der Waals surface area contributed by atoms with Crippen LogP contribution >= 0.6 is 11.3 Å². The number of rotatable bonds is 6. The number of likely N-dealkylation sites (tertiary alicyclic amines) is 1. The van der Waals surface area contributed by atoms with E-state index in [1.54, 1.807) is 11.3 Å². The monoisotopic (exact) mass is 366 g/mol. The first kappa shape index (κ1) is 17.0. The van der Waals surface area contributed by atoms with Crippen LogP contribution in [-0.2, 0) is 4.79 Å². The molecule has 0 saturated carbocycles. The number of fused-ring (bicyclic) bond motifs is 1. The molecule has 1 amide bonds. The van der Waals surface area contributed by atoms with E-state index in [4.69, 9.17) is 0 Å². The van der Waals surface area contributed by atoms with E-state index in [-0.39, 0.29) is 5.91 Å². The van der Waals surface area contributed by atoms with E-state index >= 15 is 0 Å². The van der Waals surface area contributed by atoms with Crippen molar-refractivity contribution < 1.29 is 4.79 Å². The van der Waals surface area contributed by atoms with Gasteiger partial charge in [-0.25, -0.2) is 9.97 Å². The fraction of sp³-hybridized carbons (Fsp3) is 0.350. The normalized spacial score (nSPS) is 14.3. The Labute approximate surface area is 157 Å². The molecule has 0 bridgehead atoms. The van der Waals surface area contributed by atoms with E-state index in [0.717, 1.165) is 54.3 Å². The number of hydrogen-bond acceptors (Lipinski definition) is 5. The summed E-state index contributed by atoms with van der Waals surface area (Å²) in [6, 6.07) is 12.5. The smallest absolute Gasteiger partial charge is 0.222 e. The van der Waals surface area contributed by atoms with E-state index in [1.807, 2.05) is 17.9 Å². The minimum Gasteiger partial charge on any atom is -0.369 e. The molecule has 1 N–H and O–H groups in total. The molecule has 1 aliphatic heterocycles. The second-order valence-electron chi connectivity index (χ2n) is 6.58. The van der Waals surface area contributed by atoms with Crippen LogP contribution in [-0.4, -0.2) is 40.4 Å². The molecule has 5 nitrogen and oxygen atoms in total. The van der Waals surface area contributed by atoms with Crippen LogP contribution in [0.2, 0.25) is 0 Å². The number of thiophene rings is 1. The molecule has 0 radical (unpaired) electrons. The van der Waals surface area contributed by atoms with E-state index < -0.39 is 0 Å². The average molecular weight is 366 g/mol. The number of hydrogen-bond donors (Lipinski definition) is 1. The molecule has 1 aliphatic rings. The number of carbonyl (C=O) groups excluding carboxylic acids is 1. The highest BCUT2D eigenvalue weighted by molar-refractivity contribution is 7.21. The van der Waals surface area contributed by atoms with Gasteiger partial charge in [0.15, 0.2) is 0 Å². The van der Waals surface area contributed by atoms with Gasteiger partial charge in [-0.15, -0.1) is 11.3 Å². The Morgan fingerprint density at radius 3 is 2.85 bits per heavy atom. The molecule has 6 heteroatoms. The lowest BCUT2D eigenvalue weighted by atomic mass is 10.2. The second kappa shape index (κ2) is 7.41. The average Bonchev–Trinajstić information content (AvgIpc) is 3.25. The summed E-state index contributed by atoms with van der Waals surface area (Å²) in [7, 11) is 0. The second-order valence-corrected chi connectivity index (χ2v) is 7.61. The Bertz CT molecular complexity index is 922. The van der Waals surface area contributed by atoms with Crippen molar-refractivity contribution in [3.8, 4) is 10.4 Å². The summed E-state index contributed by atoms with van der Waals surface area (Å²) in [5.74, 6) is 1.95. The molecule has 0 atom stereocenters. The van der Waals surface area contributed by atoms with Crippen molar-refractivity contribution in [2.24, 2.45) is 0 Å². The Hall–Kier alpha value is -2.47. The minimum absolute atomic E-state index is 0.288. The van der Waals surface area contributed by atoms with Gasteiger partial charge in [-0.05, 0) is 31.4 Å². The molecule has 0 spiro atoms. The summed E-state index contributed by atoms with van der Waals surface area (Å²) < 4.78 is 0. The number of amides is 1. The van der Waals surface area contributed by atoms with Crippen LogP contribution in [0.5, 0.6) is 0 Å². The fourth-order valence-corrected chi connectivity index (χ4v) is 4.41. The first-order valence-electron chi connectivity index (χ1n) is 9.06. The summed E-state index contributed by atoms with van der Waals surface area (Å²) in [5, 5.41) is 4.52. The highest BCUT2D eigenvalue weighted by Crippen LogP contribution is 2.35. The zero-order valence-corrected chi connectivity index (χ0v) is 15.7. The lowest BCUT2D eigenvalue weighted by Gasteiger charge is -2.15. The maximum Gasteiger partial charge on any atom is 0.222 e. The van der Waals surface area contributed by atoms with Crippen molar-refractivity contribution in [2.45, 2.75) is 26.2 Å². The lowest BCUT2D eigenvalue weighted by molar-refractivity contribution is -0.127. The van der Waals surface area contributed by atoms with E-state index in [1.165, 1.54) is 10.4 Å². The molecule has 0 unspecified atom stereocenters. The van der Waals surface area contributed by atoms with Crippen molar-refractivity contribution in [1.29, 1.82) is 0 Å². The quantitative estimate of drug-likeness (QED) is 0.668. The summed E-state index contributed by atoms with van der Waals surface area (Å²) in [6.07, 6.45) is 2.62. The van der Waals surface area contributed by atoms with Crippen molar-refractivity contribution >= 4 is 33.3 Å². The number of aromatic nitrogens is 2. The third-order valence-corrected chi connectivity index (χ3v) is 5.71. The lowest BCUT2D eigenvalue weighted by Crippen LogP contribution is -2.27. The number of anilines is 1. The van der Waals surface area contributed by atoms with E-state index in [9.17, 15) is 4.79 Å². The predicted octanol–water partition coefficient (Wildman–Crippen LogP) is 4.09. The van der Waals surface area contributed by atoms with Crippen LogP contribution in [0.1, 0.15) is 25.1 Å². The van der Waals surface area contributed by atoms with Gasteiger partial charge < -0.3 is 10.2 Å². The Kier molecular flexibility index (Phi) is 4.84. The van der Waals surface area contributed by atoms with Gasteiger partial charge in [-0.1, -0.05) is 30.3 Å². The molecule has 134 valence electrons. The van der Waals surface area contributed by atoms with E-state index in [0.29, 0.717) is 6.42 Å². The molecule has 1 aromatic carbocycles. The van der Waals surface area contributed by atoms with Gasteiger partial charge in [0.05, 0.1) is 5.39 Å². The molecule has 3 aromatic rings. The van der Waals surface area contributed by atoms with Crippen molar-refractivity contribution in [1.82, 2.24) is 14.9 Å². The molecule has 0 aliphatic carbocycles. The molecule has 2 aromatic heterocycles. The van der Waals surface area contributed by atoms with Crippen molar-refractivity contribution in [3.05, 3.63) is 42.2 Å². The fourth-order valence-electron chi connectivity index (χ4n) is 3.32. The Morgan fingerprint density at radius 2 is 2.08 bits per heavy atom. The maximum atomic E-state index is 11.7. The SMILES string of the molecule is Cc1nc(NCCCN2CCCC2=O)c2cc(-c3ccccc3)sc2n1. The molecule has 4 rings (SSSR count). The van der Waals surface area contributed by atoms with Crippen LogP contribution in [0, 0.1) is 6.92 Å². The van der Waals surface area contributed by atoms with Gasteiger partial charge >= 0.3 is 0 Å². The number of nitrogens with one attached hydrogen (secondary N) is 1. The topological polar surface area (TPSA) is 58.1 Å². The molecular weight excluding hydrogens is 344 g/mol. The van der Waals surface area contributed by atoms with Gasteiger partial charge in [0.2, 0.25) is 5.91 Å². The first-order valence-corrected chi connectivity index (χ1v) is 9.87. The number of aryl methyl sites for hydroxylation is 1. The van der Waals surface area contributed by atoms with Gasteiger partial charge in [-0.2, -0.15) is 0 Å². The third-order valence-electron chi connectivity index (χ3n) is 4.63. The van der Waals surface area contributed by atoms with Crippen LogP contribution in [0.25, 0.3) is 20.7 Å². The third kappa shape index (κ3) is 3.55. The number of benzene rings is 1. The molecule has 1 saturated heterocycles. The van der Waals surface area contributed by atoms with Crippen molar-refractivity contribution in [3.63, 3.8) is 0 Å². The summed E-state index contributed by atoms with van der Waals surface area (Å²) in [6.45, 7) is 4.44. The summed E-state index contributed by atoms with van der Waals surface area (Å²) in [4.78, 5) is 25.0. The molecule has 3 heterocycles. The standard InChI is InChI=1S/C20H22N4OS/c1-14-22-19(21-10-6-12-24-11-5-9-18(24)25)16-13-17(26-20(16)23-14)15-7-3-2-4-8-15/h2-4,7-8,13H,5-6,9-12H2,1H3,(H,21,22,23). The van der Waals surface area contributed by atoms with Gasteiger partial charge in [0.1, 0.15) is 16.5 Å². The first-order chi connectivity index (χ1) is 12.7. The highest BCUT2D eigenvalue weighted by atomic mass is 32.1. The number of carbonyl (C=O) groups is 1. The summed E-state index contributed by atoms with van der Waals surface area (Å²) >= 11 is 1.69. The predicted molar refractivity (Wildman–Crippen MR) is 107 cm³/mol. The van der Waals surface area contributed by atoms with Crippen LogP contribution in [0.4, 0.5) is 5.82 Å². The van der Waals surface area contributed by atoms with Crippen LogP contribution in [0.15, 0.2) is 36.4 Å². The molecule has 1 fully saturated rings. The highest BCUT2D eigenvalue weighted by Gasteiger charge is 2.19. The zero-order valence-electron chi connectivity index (χ0n) is 14.9. The molecular formula is C20H22N4OS.